The highest BCUT2D eigenvalue weighted by Crippen LogP contribution is 2.33. The van der Waals surface area contributed by atoms with Crippen molar-refractivity contribution in [3.63, 3.8) is 0 Å². The number of nitrogens with one attached hydrogen (secondary N) is 1. The summed E-state index contributed by atoms with van der Waals surface area (Å²) in [5.74, 6) is -0.357. The molecule has 0 aliphatic carbocycles. The third-order valence-electron chi connectivity index (χ3n) is 6.55. The molecular formula is C29H31FN2O6S. The largest absolute Gasteiger partial charge is 0.494 e. The summed E-state index contributed by atoms with van der Waals surface area (Å²) in [5.41, 5.74) is -0.215. The molecule has 39 heavy (non-hydrogen) atoms. The van der Waals surface area contributed by atoms with E-state index in [9.17, 15) is 17.6 Å². The number of nitrogens with zero attached hydrogens (tertiary/aromatic N) is 1. The topological polar surface area (TPSA) is 114 Å². The predicted molar refractivity (Wildman–Crippen MR) is 145 cm³/mol. The normalized spacial score (nSPS) is 18.7. The zero-order chi connectivity index (χ0) is 27.9. The van der Waals surface area contributed by atoms with Crippen molar-refractivity contribution in [3.05, 3.63) is 95.8 Å². The third-order valence-corrected chi connectivity index (χ3v) is 8.28. The van der Waals surface area contributed by atoms with Crippen LogP contribution in [-0.4, -0.2) is 55.9 Å². The SMILES string of the molecule is C[C@H]1OC(c2ccc(OCCCO)cc2)=N[C@@]1(CCS(=O)(=O)c1ccccc1)C(=O)NCc1ccc(F)cc1. The molecule has 0 unspecified atom stereocenters. The summed E-state index contributed by atoms with van der Waals surface area (Å²) >= 11 is 0. The number of carbonyl (C=O) groups excluding carboxylic acids is 1. The van der Waals surface area contributed by atoms with Crippen molar-refractivity contribution in [2.45, 2.75) is 42.8 Å². The zero-order valence-corrected chi connectivity index (χ0v) is 22.4. The van der Waals surface area contributed by atoms with Crippen LogP contribution in [0.1, 0.15) is 30.9 Å². The number of ether oxygens (including phenoxy) is 2. The minimum atomic E-state index is -3.69. The van der Waals surface area contributed by atoms with Crippen LogP contribution in [0.15, 0.2) is 88.8 Å². The molecule has 0 saturated carbocycles. The second-order valence-electron chi connectivity index (χ2n) is 9.24. The van der Waals surface area contributed by atoms with Gasteiger partial charge in [-0.05, 0) is 67.4 Å². The molecule has 3 aromatic rings. The number of carbonyl (C=O) groups is 1. The first kappa shape index (κ1) is 28.3. The molecule has 4 rings (SSSR count). The van der Waals surface area contributed by atoms with Gasteiger partial charge in [0.25, 0.3) is 5.91 Å². The molecule has 0 bridgehead atoms. The summed E-state index contributed by atoms with van der Waals surface area (Å²) in [6.45, 7) is 2.21. The Kier molecular flexibility index (Phi) is 8.98. The van der Waals surface area contributed by atoms with Gasteiger partial charge < -0.3 is 19.9 Å². The van der Waals surface area contributed by atoms with E-state index in [2.05, 4.69) is 10.3 Å². The van der Waals surface area contributed by atoms with Crippen LogP contribution in [0.25, 0.3) is 0 Å². The lowest BCUT2D eigenvalue weighted by atomic mass is 9.90. The monoisotopic (exact) mass is 554 g/mol. The number of hydrogen-bond acceptors (Lipinski definition) is 7. The number of amides is 1. The molecule has 2 atom stereocenters. The van der Waals surface area contributed by atoms with Crippen molar-refractivity contribution in [2.75, 3.05) is 19.0 Å². The van der Waals surface area contributed by atoms with E-state index >= 15 is 0 Å². The minimum Gasteiger partial charge on any atom is -0.494 e. The van der Waals surface area contributed by atoms with Crippen molar-refractivity contribution < 1.29 is 32.2 Å². The number of hydrogen-bond donors (Lipinski definition) is 2. The molecule has 0 fully saturated rings. The molecule has 206 valence electrons. The van der Waals surface area contributed by atoms with Gasteiger partial charge in [-0.25, -0.2) is 17.8 Å². The molecule has 10 heteroatoms. The predicted octanol–water partition coefficient (Wildman–Crippen LogP) is 3.67. The standard InChI is InChI=1S/C29H31FN2O6S/c1-21-29(16-19-39(35,36)26-6-3-2-4-7-26,28(34)31-20-22-8-12-24(30)13-9-22)32-27(38-21)23-10-14-25(15-11-23)37-18-5-17-33/h2-4,6-15,21,33H,5,16-20H2,1H3,(H,31,34)/t21-,29-/m1/s1. The van der Waals surface area contributed by atoms with Crippen molar-refractivity contribution in [3.8, 4) is 5.75 Å². The average molecular weight is 555 g/mol. The number of halogens is 1. The Balaban J connectivity index is 1.59. The number of aliphatic imine (C=N–C) groups is 1. The van der Waals surface area contributed by atoms with Crippen LogP contribution in [-0.2, 0) is 25.9 Å². The van der Waals surface area contributed by atoms with Gasteiger partial charge in [0, 0.05) is 25.1 Å². The first-order chi connectivity index (χ1) is 18.7. The Hall–Kier alpha value is -3.76. The smallest absolute Gasteiger partial charge is 0.252 e. The molecular weight excluding hydrogens is 523 g/mol. The van der Waals surface area contributed by atoms with Crippen LogP contribution in [0.2, 0.25) is 0 Å². The van der Waals surface area contributed by atoms with Gasteiger partial charge in [-0.2, -0.15) is 0 Å². The van der Waals surface area contributed by atoms with E-state index in [-0.39, 0.29) is 41.9 Å². The van der Waals surface area contributed by atoms with Crippen molar-refractivity contribution in [1.82, 2.24) is 5.32 Å². The van der Waals surface area contributed by atoms with Crippen LogP contribution in [0.4, 0.5) is 4.39 Å². The van der Waals surface area contributed by atoms with Crippen LogP contribution < -0.4 is 10.1 Å². The highest BCUT2D eigenvalue weighted by Gasteiger charge is 2.50. The number of sulfone groups is 1. The highest BCUT2D eigenvalue weighted by atomic mass is 32.2. The lowest BCUT2D eigenvalue weighted by Crippen LogP contribution is -2.51. The molecule has 2 N–H and O–H groups in total. The lowest BCUT2D eigenvalue weighted by Gasteiger charge is -2.28. The highest BCUT2D eigenvalue weighted by molar-refractivity contribution is 7.91. The van der Waals surface area contributed by atoms with Crippen molar-refractivity contribution in [1.29, 1.82) is 0 Å². The van der Waals surface area contributed by atoms with E-state index in [4.69, 9.17) is 14.6 Å². The summed E-state index contributed by atoms with van der Waals surface area (Å²) in [6, 6.07) is 20.8. The van der Waals surface area contributed by atoms with E-state index in [0.29, 0.717) is 29.9 Å². The van der Waals surface area contributed by atoms with Gasteiger partial charge in [0.2, 0.25) is 5.90 Å². The Morgan fingerprint density at radius 3 is 2.44 bits per heavy atom. The first-order valence-corrected chi connectivity index (χ1v) is 14.3. The molecule has 0 saturated heterocycles. The molecule has 1 heterocycles. The second kappa shape index (κ2) is 12.4. The molecule has 8 nitrogen and oxygen atoms in total. The lowest BCUT2D eigenvalue weighted by molar-refractivity contribution is -0.128. The van der Waals surface area contributed by atoms with Crippen LogP contribution in [0.5, 0.6) is 5.75 Å². The fourth-order valence-electron chi connectivity index (χ4n) is 4.23. The summed E-state index contributed by atoms with van der Waals surface area (Å²) in [6.07, 6.45) is -0.351. The van der Waals surface area contributed by atoms with Crippen LogP contribution in [0, 0.1) is 5.82 Å². The maximum atomic E-state index is 13.6. The minimum absolute atomic E-state index is 0.0336. The Labute approximate surface area is 227 Å². The van der Waals surface area contributed by atoms with E-state index in [0.717, 1.165) is 0 Å². The van der Waals surface area contributed by atoms with E-state index in [1.807, 2.05) is 0 Å². The third kappa shape index (κ3) is 6.82. The summed E-state index contributed by atoms with van der Waals surface area (Å²) in [5, 5.41) is 11.8. The average Bonchev–Trinajstić information content (AvgIpc) is 3.29. The van der Waals surface area contributed by atoms with Gasteiger partial charge in [0.1, 0.15) is 17.7 Å². The molecule has 3 aromatic carbocycles. The van der Waals surface area contributed by atoms with Gasteiger partial charge in [-0.1, -0.05) is 30.3 Å². The zero-order valence-electron chi connectivity index (χ0n) is 21.5. The fourth-order valence-corrected chi connectivity index (χ4v) is 5.61. The molecule has 0 radical (unpaired) electrons. The quantitative estimate of drug-likeness (QED) is 0.330. The number of benzene rings is 3. The van der Waals surface area contributed by atoms with Crippen LogP contribution in [0.3, 0.4) is 0 Å². The van der Waals surface area contributed by atoms with Gasteiger partial charge in [-0.15, -0.1) is 0 Å². The summed E-state index contributed by atoms with van der Waals surface area (Å²) < 4.78 is 51.1. The number of aliphatic hydroxyl groups is 1. The van der Waals surface area contributed by atoms with Crippen molar-refractivity contribution in [2.24, 2.45) is 4.99 Å². The Morgan fingerprint density at radius 2 is 1.77 bits per heavy atom. The molecule has 0 spiro atoms. The maximum Gasteiger partial charge on any atom is 0.252 e. The molecule has 1 aliphatic rings. The first-order valence-electron chi connectivity index (χ1n) is 12.6. The van der Waals surface area contributed by atoms with Gasteiger partial charge in [-0.3, -0.25) is 4.79 Å². The van der Waals surface area contributed by atoms with Crippen LogP contribution >= 0.6 is 0 Å². The molecule has 1 amide bonds. The Morgan fingerprint density at radius 1 is 1.08 bits per heavy atom. The summed E-state index contributed by atoms with van der Waals surface area (Å²) in [4.78, 5) is 18.5. The van der Waals surface area contributed by atoms with Crippen molar-refractivity contribution >= 4 is 21.6 Å². The fraction of sp³-hybridized carbons (Fsp3) is 0.310. The van der Waals surface area contributed by atoms with Gasteiger partial charge >= 0.3 is 0 Å². The number of rotatable bonds is 12. The molecule has 0 aromatic heterocycles. The van der Waals surface area contributed by atoms with Gasteiger partial charge in [0.15, 0.2) is 15.4 Å². The number of aliphatic hydroxyl groups excluding tert-OH is 1. The Bertz CT molecular complexity index is 1400. The maximum absolute atomic E-state index is 13.6. The van der Waals surface area contributed by atoms with E-state index < -0.39 is 27.4 Å². The summed E-state index contributed by atoms with van der Waals surface area (Å²) in [7, 11) is -3.69. The van der Waals surface area contributed by atoms with Gasteiger partial charge in [0.05, 0.1) is 17.3 Å². The van der Waals surface area contributed by atoms with E-state index in [1.165, 1.54) is 24.3 Å². The van der Waals surface area contributed by atoms with E-state index in [1.54, 1.807) is 61.5 Å². The molecule has 1 aliphatic heterocycles. The second-order valence-corrected chi connectivity index (χ2v) is 11.4.